The number of imide groups is 1. The first-order valence-electron chi connectivity index (χ1n) is 10.1. The fourth-order valence-electron chi connectivity index (χ4n) is 3.54. The number of benzene rings is 2. The maximum atomic E-state index is 13.3. The molecule has 1 heterocycles. The Morgan fingerprint density at radius 3 is 2.20 bits per heavy atom. The Labute approximate surface area is 175 Å². The second-order valence-corrected chi connectivity index (χ2v) is 7.14. The zero-order valence-electron chi connectivity index (χ0n) is 17.2. The molecular formula is C23H25N3O4. The zero-order valence-corrected chi connectivity index (χ0v) is 17.2. The van der Waals surface area contributed by atoms with E-state index in [1.165, 1.54) is 17.0 Å². The van der Waals surface area contributed by atoms with Gasteiger partial charge in [0.2, 0.25) is 0 Å². The molecule has 1 aliphatic rings. The molecule has 1 aliphatic heterocycles. The summed E-state index contributed by atoms with van der Waals surface area (Å²) in [5, 5.41) is 11.0. The van der Waals surface area contributed by atoms with Crippen molar-refractivity contribution in [3.8, 4) is 0 Å². The van der Waals surface area contributed by atoms with E-state index in [1.54, 1.807) is 12.1 Å². The normalized spacial score (nSPS) is 13.9. The van der Waals surface area contributed by atoms with Crippen LogP contribution >= 0.6 is 0 Å². The van der Waals surface area contributed by atoms with Crippen LogP contribution in [0.5, 0.6) is 0 Å². The summed E-state index contributed by atoms with van der Waals surface area (Å²) >= 11 is 0. The number of unbranched alkanes of at least 4 members (excludes halogenated alkanes) is 1. The minimum absolute atomic E-state index is 0.0582. The number of amides is 2. The summed E-state index contributed by atoms with van der Waals surface area (Å²) in [6, 6.07) is 15.6. The van der Waals surface area contributed by atoms with Gasteiger partial charge in [-0.1, -0.05) is 43.7 Å². The van der Waals surface area contributed by atoms with Gasteiger partial charge in [-0.2, -0.15) is 0 Å². The number of rotatable bonds is 9. The van der Waals surface area contributed by atoms with Crippen molar-refractivity contribution in [2.45, 2.75) is 33.2 Å². The molecule has 3 rings (SSSR count). The fraction of sp³-hybridized carbons (Fsp3) is 0.304. The minimum Gasteiger partial charge on any atom is -0.362 e. The predicted molar refractivity (Wildman–Crippen MR) is 114 cm³/mol. The summed E-state index contributed by atoms with van der Waals surface area (Å²) < 4.78 is 0. The number of carbonyl (C=O) groups is 2. The largest absolute Gasteiger partial charge is 0.362 e. The molecule has 0 unspecified atom stereocenters. The number of hydrogen-bond donors (Lipinski definition) is 0. The highest BCUT2D eigenvalue weighted by Crippen LogP contribution is 2.33. The van der Waals surface area contributed by atoms with E-state index in [1.807, 2.05) is 49.1 Å². The number of carbonyl (C=O) groups excluding carboxylic acids is 2. The van der Waals surface area contributed by atoms with E-state index in [-0.39, 0.29) is 17.5 Å². The molecule has 0 aliphatic carbocycles. The van der Waals surface area contributed by atoms with Crippen LogP contribution in [0.25, 0.3) is 5.57 Å². The van der Waals surface area contributed by atoms with E-state index in [9.17, 15) is 19.7 Å². The third-order valence-electron chi connectivity index (χ3n) is 5.16. The van der Waals surface area contributed by atoms with E-state index in [0.717, 1.165) is 18.4 Å². The molecule has 0 bridgehead atoms. The van der Waals surface area contributed by atoms with Crippen molar-refractivity contribution in [2.75, 3.05) is 13.1 Å². The lowest BCUT2D eigenvalue weighted by atomic mass is 10.0. The number of non-ortho nitro benzene ring substituents is 1. The average molecular weight is 407 g/mol. The summed E-state index contributed by atoms with van der Waals surface area (Å²) in [6.07, 6.45) is 1.59. The summed E-state index contributed by atoms with van der Waals surface area (Å²) in [7, 11) is 0. The molecule has 0 N–H and O–H groups in total. The van der Waals surface area contributed by atoms with Gasteiger partial charge in [-0.15, -0.1) is 0 Å². The molecule has 0 saturated heterocycles. The highest BCUT2D eigenvalue weighted by atomic mass is 16.6. The third kappa shape index (κ3) is 4.25. The summed E-state index contributed by atoms with van der Waals surface area (Å²) in [6.45, 7) is 5.34. The predicted octanol–water partition coefficient (Wildman–Crippen LogP) is 4.00. The van der Waals surface area contributed by atoms with Crippen molar-refractivity contribution in [1.82, 2.24) is 9.80 Å². The smallest absolute Gasteiger partial charge is 0.277 e. The standard InChI is InChI=1S/C23H25N3O4/c1-3-5-15-25-22(27)20(18-11-13-19(14-12-18)26(29)30)21(23(25)28)24(4-2)16-17-9-7-6-8-10-17/h6-14H,3-5,15-16H2,1-2H3. The van der Waals surface area contributed by atoms with Crippen molar-refractivity contribution in [3.05, 3.63) is 81.5 Å². The van der Waals surface area contributed by atoms with Gasteiger partial charge in [-0.25, -0.2) is 0 Å². The quantitative estimate of drug-likeness (QED) is 0.356. The van der Waals surface area contributed by atoms with E-state index < -0.39 is 4.92 Å². The lowest BCUT2D eigenvalue weighted by Gasteiger charge is -2.25. The molecule has 0 saturated carbocycles. The van der Waals surface area contributed by atoms with Gasteiger partial charge in [0.25, 0.3) is 17.5 Å². The molecule has 2 amide bonds. The van der Waals surface area contributed by atoms with Crippen LogP contribution in [0.4, 0.5) is 5.69 Å². The molecular weight excluding hydrogens is 382 g/mol. The maximum absolute atomic E-state index is 13.3. The Kier molecular flexibility index (Phi) is 6.61. The summed E-state index contributed by atoms with van der Waals surface area (Å²) in [5.74, 6) is -0.650. The van der Waals surface area contributed by atoms with Gasteiger partial charge in [-0.05, 0) is 36.6 Å². The van der Waals surface area contributed by atoms with Crippen LogP contribution in [0.1, 0.15) is 37.8 Å². The Hall–Kier alpha value is -3.48. The van der Waals surface area contributed by atoms with Crippen LogP contribution in [0.2, 0.25) is 0 Å². The molecule has 0 radical (unpaired) electrons. The van der Waals surface area contributed by atoms with Gasteiger partial charge in [0.15, 0.2) is 0 Å². The first kappa shape index (κ1) is 21.2. The van der Waals surface area contributed by atoms with Crippen LogP contribution in [0, 0.1) is 10.1 Å². The Bertz CT molecular complexity index is 968. The number of nitrogens with zero attached hydrogens (tertiary/aromatic N) is 3. The molecule has 0 atom stereocenters. The molecule has 30 heavy (non-hydrogen) atoms. The number of hydrogen-bond acceptors (Lipinski definition) is 5. The van der Waals surface area contributed by atoms with E-state index in [0.29, 0.717) is 36.5 Å². The van der Waals surface area contributed by atoms with Crippen molar-refractivity contribution < 1.29 is 14.5 Å². The summed E-state index contributed by atoms with van der Waals surface area (Å²) in [5.41, 5.74) is 2.15. The highest BCUT2D eigenvalue weighted by Gasteiger charge is 2.40. The first-order chi connectivity index (χ1) is 14.5. The zero-order chi connectivity index (χ0) is 21.7. The van der Waals surface area contributed by atoms with Gasteiger partial charge < -0.3 is 4.90 Å². The second kappa shape index (κ2) is 9.35. The Morgan fingerprint density at radius 1 is 0.967 bits per heavy atom. The highest BCUT2D eigenvalue weighted by molar-refractivity contribution is 6.35. The minimum atomic E-state index is -0.484. The lowest BCUT2D eigenvalue weighted by molar-refractivity contribution is -0.384. The number of nitro groups is 1. The van der Waals surface area contributed by atoms with Crippen molar-refractivity contribution in [2.24, 2.45) is 0 Å². The van der Waals surface area contributed by atoms with Gasteiger partial charge in [0.1, 0.15) is 5.70 Å². The fourth-order valence-corrected chi connectivity index (χ4v) is 3.54. The van der Waals surface area contributed by atoms with E-state index >= 15 is 0 Å². The van der Waals surface area contributed by atoms with Crippen LogP contribution < -0.4 is 0 Å². The molecule has 0 fully saturated rings. The lowest BCUT2D eigenvalue weighted by Crippen LogP contribution is -2.35. The van der Waals surface area contributed by atoms with Crippen LogP contribution in [0.15, 0.2) is 60.3 Å². The Balaban J connectivity index is 2.06. The number of likely N-dealkylation sites (N-methyl/N-ethyl adjacent to an activating group) is 1. The topological polar surface area (TPSA) is 83.8 Å². The molecule has 0 spiro atoms. The first-order valence-corrected chi connectivity index (χ1v) is 10.1. The maximum Gasteiger partial charge on any atom is 0.277 e. The van der Waals surface area contributed by atoms with Gasteiger partial charge in [-0.3, -0.25) is 24.6 Å². The van der Waals surface area contributed by atoms with Gasteiger partial charge in [0.05, 0.1) is 10.5 Å². The van der Waals surface area contributed by atoms with E-state index in [4.69, 9.17) is 0 Å². The summed E-state index contributed by atoms with van der Waals surface area (Å²) in [4.78, 5) is 40.2. The second-order valence-electron chi connectivity index (χ2n) is 7.14. The molecule has 7 nitrogen and oxygen atoms in total. The van der Waals surface area contributed by atoms with Crippen LogP contribution in [0.3, 0.4) is 0 Å². The van der Waals surface area contributed by atoms with Crippen molar-refractivity contribution >= 4 is 23.1 Å². The SMILES string of the molecule is CCCCN1C(=O)C(c2ccc([N+](=O)[O-])cc2)=C(N(CC)Cc2ccccc2)C1=O. The van der Waals surface area contributed by atoms with Crippen LogP contribution in [-0.4, -0.2) is 39.6 Å². The van der Waals surface area contributed by atoms with Crippen molar-refractivity contribution in [1.29, 1.82) is 0 Å². The number of nitro benzene ring substituents is 1. The van der Waals surface area contributed by atoms with Crippen LogP contribution in [-0.2, 0) is 16.1 Å². The molecule has 2 aromatic carbocycles. The molecule has 2 aromatic rings. The Morgan fingerprint density at radius 2 is 1.63 bits per heavy atom. The molecule has 156 valence electrons. The van der Waals surface area contributed by atoms with Gasteiger partial charge in [0, 0.05) is 31.8 Å². The molecule has 0 aromatic heterocycles. The monoisotopic (exact) mass is 407 g/mol. The average Bonchev–Trinajstić information content (AvgIpc) is 3.01. The third-order valence-corrected chi connectivity index (χ3v) is 5.16. The molecule has 7 heteroatoms. The van der Waals surface area contributed by atoms with E-state index in [2.05, 4.69) is 0 Å². The van der Waals surface area contributed by atoms with Crippen molar-refractivity contribution in [3.63, 3.8) is 0 Å². The van der Waals surface area contributed by atoms with Gasteiger partial charge >= 0.3 is 0 Å².